The number of hydrogen-bond donors (Lipinski definition) is 12. The average molecular weight is 1450 g/mol. The minimum absolute atomic E-state index is 0.220. The van der Waals surface area contributed by atoms with E-state index in [2.05, 4.69) is 104 Å². The van der Waals surface area contributed by atoms with E-state index in [9.17, 15) is 61.0 Å². The Morgan fingerprint density at radius 1 is 0.363 bits per heavy atom. The fraction of sp³-hybridized carbons (Fsp3) is 0.795. The lowest BCUT2D eigenvalue weighted by atomic mass is 9.96. The first-order chi connectivity index (χ1) is 49.8. The second kappa shape index (κ2) is 62.7. The van der Waals surface area contributed by atoms with Crippen molar-refractivity contribution in [3.63, 3.8) is 0 Å². The number of unbranched alkanes of at least 4 members (excludes halogenated alkanes) is 33. The number of rotatable bonds is 63. The van der Waals surface area contributed by atoms with Crippen molar-refractivity contribution in [1.29, 1.82) is 0 Å². The molecule has 17 atom stereocenters. The van der Waals surface area contributed by atoms with Gasteiger partial charge >= 0.3 is 0 Å². The van der Waals surface area contributed by atoms with E-state index < -0.39 is 124 Å². The normalized spacial score (nSPS) is 26.7. The molecule has 0 spiro atoms. The number of amides is 1. The molecule has 102 heavy (non-hydrogen) atoms. The summed E-state index contributed by atoms with van der Waals surface area (Å²) in [5.74, 6) is -0.295. The zero-order valence-electron chi connectivity index (χ0n) is 63.1. The Bertz CT molecular complexity index is 2220. The highest BCUT2D eigenvalue weighted by molar-refractivity contribution is 5.76. The minimum Gasteiger partial charge on any atom is -0.394 e. The summed E-state index contributed by atoms with van der Waals surface area (Å²) in [6, 6.07) is -1.00. The molecule has 17 unspecified atom stereocenters. The molecule has 0 aromatic carbocycles. The number of carbonyl (C=O) groups is 1. The molecule has 0 radical (unpaired) electrons. The molecule has 3 heterocycles. The van der Waals surface area contributed by atoms with Crippen molar-refractivity contribution in [1.82, 2.24) is 5.32 Å². The van der Waals surface area contributed by atoms with Crippen LogP contribution < -0.4 is 5.32 Å². The van der Waals surface area contributed by atoms with Crippen LogP contribution in [-0.4, -0.2) is 193 Å². The highest BCUT2D eigenvalue weighted by Gasteiger charge is 2.54. The van der Waals surface area contributed by atoms with Crippen molar-refractivity contribution in [2.75, 3.05) is 26.4 Å². The van der Waals surface area contributed by atoms with Gasteiger partial charge in [0.25, 0.3) is 0 Å². The Labute approximate surface area is 615 Å². The van der Waals surface area contributed by atoms with Crippen LogP contribution in [0.15, 0.2) is 97.2 Å². The third kappa shape index (κ3) is 42.3. The van der Waals surface area contributed by atoms with E-state index in [1.54, 1.807) is 6.08 Å². The topological polar surface area (TPSA) is 307 Å². The number of allylic oxidation sites excluding steroid dienone is 15. The van der Waals surface area contributed by atoms with Crippen LogP contribution in [-0.2, 0) is 33.2 Å². The van der Waals surface area contributed by atoms with Gasteiger partial charge in [-0.05, 0) is 83.5 Å². The molecule has 0 saturated carbocycles. The second-order valence-electron chi connectivity index (χ2n) is 28.5. The van der Waals surface area contributed by atoms with Crippen LogP contribution in [0.2, 0.25) is 0 Å². The van der Waals surface area contributed by atoms with Gasteiger partial charge < -0.3 is 89.9 Å². The first-order valence-corrected chi connectivity index (χ1v) is 40.5. The van der Waals surface area contributed by atoms with Gasteiger partial charge in [-0.15, -0.1) is 0 Å². The van der Waals surface area contributed by atoms with E-state index >= 15 is 0 Å². The highest BCUT2D eigenvalue weighted by atomic mass is 16.8. The molecule has 19 heteroatoms. The molecule has 12 N–H and O–H groups in total. The summed E-state index contributed by atoms with van der Waals surface area (Å²) in [4.78, 5) is 13.5. The Kier molecular flexibility index (Phi) is 57.1. The largest absolute Gasteiger partial charge is 0.394 e. The molecular weight excluding hydrogens is 1300 g/mol. The van der Waals surface area contributed by atoms with E-state index in [1.165, 1.54) is 154 Å². The van der Waals surface area contributed by atoms with E-state index in [0.717, 1.165) is 103 Å². The first-order valence-electron chi connectivity index (χ1n) is 40.5. The van der Waals surface area contributed by atoms with E-state index in [-0.39, 0.29) is 18.9 Å². The van der Waals surface area contributed by atoms with Gasteiger partial charge in [0.2, 0.25) is 5.91 Å². The lowest BCUT2D eigenvalue weighted by Gasteiger charge is -2.48. The predicted octanol–water partition coefficient (Wildman–Crippen LogP) is 13.6. The molecule has 0 aromatic heterocycles. The molecule has 590 valence electrons. The standard InChI is InChI=1S/C83H145NO18/c1-3-5-7-9-11-13-15-17-19-21-23-25-27-29-31-32-33-35-36-38-40-42-44-46-48-50-52-54-56-58-60-67(88)66(84-71(89)61-59-57-55-53-51-49-47-45-43-41-39-37-34-30-28-26-24-22-20-18-16-14-12-10-8-6-4-2)65-97-81-77(95)74(92)79(69(63-86)99-81)102-83-78(96)75(93)80(70(64-87)100-83)101-82-76(94)73(91)72(90)68(62-85)98-82/h6,8,12,14,18,20,24,26,30,34,39,41,50,52,58,60,66-70,72-83,85-88,90-96H,3-5,7,9-11,13,15-17,19,21-23,25,27-29,31-33,35-38,40,42-49,51,53-57,59,61-65H2,1-2H3,(H,84,89)/b8-6-,14-12-,20-18-,26-24-,34-30-,41-39-,52-50+,60-58+. The van der Waals surface area contributed by atoms with Gasteiger partial charge in [-0.25, -0.2) is 0 Å². The summed E-state index contributed by atoms with van der Waals surface area (Å²) in [6.45, 7) is 1.62. The summed E-state index contributed by atoms with van der Waals surface area (Å²) < 4.78 is 34.4. The maximum absolute atomic E-state index is 13.5. The van der Waals surface area contributed by atoms with E-state index in [0.29, 0.717) is 12.8 Å². The fourth-order valence-corrected chi connectivity index (χ4v) is 13.2. The van der Waals surface area contributed by atoms with Crippen LogP contribution in [0.25, 0.3) is 0 Å². The highest BCUT2D eigenvalue weighted by Crippen LogP contribution is 2.33. The first kappa shape index (κ1) is 92.9. The quantitative estimate of drug-likeness (QED) is 0.0199. The zero-order chi connectivity index (χ0) is 73.9. The van der Waals surface area contributed by atoms with Crippen LogP contribution >= 0.6 is 0 Å². The number of hydrogen-bond acceptors (Lipinski definition) is 18. The smallest absolute Gasteiger partial charge is 0.220 e. The Morgan fingerprint density at radius 3 is 1.10 bits per heavy atom. The molecule has 0 aliphatic carbocycles. The molecule has 3 aliphatic rings. The van der Waals surface area contributed by atoms with Crippen molar-refractivity contribution < 1.29 is 89.4 Å². The number of nitrogens with one attached hydrogen (secondary N) is 1. The van der Waals surface area contributed by atoms with Crippen LogP contribution in [0, 0.1) is 0 Å². The molecular formula is C83H145NO18. The third-order valence-electron chi connectivity index (χ3n) is 19.6. The minimum atomic E-state index is -1.99. The van der Waals surface area contributed by atoms with Gasteiger partial charge in [-0.3, -0.25) is 4.79 Å². The number of aliphatic hydroxyl groups excluding tert-OH is 11. The van der Waals surface area contributed by atoms with Gasteiger partial charge in [-0.1, -0.05) is 297 Å². The monoisotopic (exact) mass is 1440 g/mol. The lowest BCUT2D eigenvalue weighted by Crippen LogP contribution is -2.66. The summed E-state index contributed by atoms with van der Waals surface area (Å²) in [5, 5.41) is 121. The molecule has 0 bridgehead atoms. The maximum Gasteiger partial charge on any atom is 0.220 e. The van der Waals surface area contributed by atoms with E-state index in [1.807, 2.05) is 6.08 Å². The van der Waals surface area contributed by atoms with Crippen molar-refractivity contribution >= 4 is 5.91 Å². The Hall–Kier alpha value is -3.29. The van der Waals surface area contributed by atoms with Crippen molar-refractivity contribution in [2.45, 2.75) is 394 Å². The van der Waals surface area contributed by atoms with E-state index in [4.69, 9.17) is 28.4 Å². The lowest BCUT2D eigenvalue weighted by molar-refractivity contribution is -0.379. The molecule has 3 saturated heterocycles. The van der Waals surface area contributed by atoms with Crippen LogP contribution in [0.3, 0.4) is 0 Å². The van der Waals surface area contributed by atoms with Gasteiger partial charge in [0, 0.05) is 6.42 Å². The number of aliphatic hydroxyl groups is 11. The molecule has 3 rings (SSSR count). The number of carbonyl (C=O) groups excluding carboxylic acids is 1. The van der Waals surface area contributed by atoms with Gasteiger partial charge in [0.05, 0.1) is 38.6 Å². The van der Waals surface area contributed by atoms with Gasteiger partial charge in [0.1, 0.15) is 73.2 Å². The molecule has 0 aromatic rings. The third-order valence-corrected chi connectivity index (χ3v) is 19.6. The molecule has 3 fully saturated rings. The predicted molar refractivity (Wildman–Crippen MR) is 406 cm³/mol. The van der Waals surface area contributed by atoms with Crippen molar-refractivity contribution in [2.24, 2.45) is 0 Å². The summed E-state index contributed by atoms with van der Waals surface area (Å²) in [5.41, 5.74) is 0. The van der Waals surface area contributed by atoms with Crippen LogP contribution in [0.4, 0.5) is 0 Å². The maximum atomic E-state index is 13.5. The SMILES string of the molecule is CC/C=C\C/C=C\C/C=C\C/C=C\C/C=C\C/C=C\CCCCCCCCCCC(=O)NC(COC1OC(CO)C(OC2OC(CO)C(OC3OC(CO)C(O)C(O)C3O)C(O)C2O)C(O)C1O)C(O)/C=C/CC/C=C/CCCCCCCCCCCCCCCCCCCCCCCCCC. The number of ether oxygens (including phenoxy) is 6. The Balaban J connectivity index is 1.40. The van der Waals surface area contributed by atoms with Crippen molar-refractivity contribution in [3.8, 4) is 0 Å². The molecule has 19 nitrogen and oxygen atoms in total. The molecule has 1 amide bonds. The van der Waals surface area contributed by atoms with Gasteiger partial charge in [-0.2, -0.15) is 0 Å². The van der Waals surface area contributed by atoms with Gasteiger partial charge in [0.15, 0.2) is 18.9 Å². The summed E-state index contributed by atoms with van der Waals surface area (Å²) in [6.07, 6.45) is 58.2. The second-order valence-corrected chi connectivity index (χ2v) is 28.5. The summed E-state index contributed by atoms with van der Waals surface area (Å²) >= 11 is 0. The Morgan fingerprint density at radius 2 is 0.686 bits per heavy atom. The zero-order valence-corrected chi connectivity index (χ0v) is 63.1. The fourth-order valence-electron chi connectivity index (χ4n) is 13.2. The van der Waals surface area contributed by atoms with Crippen molar-refractivity contribution in [3.05, 3.63) is 97.2 Å². The molecule has 3 aliphatic heterocycles. The average Bonchev–Trinajstić information content (AvgIpc) is 0.782. The summed E-state index contributed by atoms with van der Waals surface area (Å²) in [7, 11) is 0. The van der Waals surface area contributed by atoms with Crippen LogP contribution in [0.1, 0.15) is 290 Å². The van der Waals surface area contributed by atoms with Crippen LogP contribution in [0.5, 0.6) is 0 Å².